The van der Waals surface area contributed by atoms with Gasteiger partial charge in [0.05, 0.1) is 16.1 Å². The molecule has 1 aromatic heterocycles. The van der Waals surface area contributed by atoms with Crippen LogP contribution in [0.2, 0.25) is 5.02 Å². The molecule has 0 radical (unpaired) electrons. The first-order chi connectivity index (χ1) is 12.2. The molecule has 25 heavy (non-hydrogen) atoms. The molecule has 2 unspecified atom stereocenters. The van der Waals surface area contributed by atoms with Crippen molar-refractivity contribution in [2.75, 3.05) is 0 Å². The number of nitrogens with two attached hydrogens (primary N) is 1. The maximum atomic E-state index is 10.3. The predicted molar refractivity (Wildman–Crippen MR) is 102 cm³/mol. The summed E-state index contributed by atoms with van der Waals surface area (Å²) in [5, 5.41) is 18.9. The average molecular weight is 370 g/mol. The predicted octanol–water partition coefficient (Wildman–Crippen LogP) is 4.05. The maximum absolute atomic E-state index is 10.3. The fraction of sp³-hybridized carbons (Fsp3) is 0.100. The van der Waals surface area contributed by atoms with Gasteiger partial charge in [0.1, 0.15) is 11.8 Å². The van der Waals surface area contributed by atoms with Crippen molar-refractivity contribution in [3.05, 3.63) is 93.1 Å². The van der Waals surface area contributed by atoms with Gasteiger partial charge in [-0.15, -0.1) is 11.3 Å². The van der Waals surface area contributed by atoms with Gasteiger partial charge in [0.2, 0.25) is 0 Å². The summed E-state index contributed by atoms with van der Waals surface area (Å²) >= 11 is 7.73. The molecule has 0 fully saturated rings. The fourth-order valence-corrected chi connectivity index (χ4v) is 3.96. The number of nitrogens with one attached hydrogen (secondary N) is 1. The number of benzene rings is 2. The molecular weight excluding hydrogens is 352 g/mol. The average Bonchev–Trinajstić information content (AvgIpc) is 3.17. The van der Waals surface area contributed by atoms with E-state index in [2.05, 4.69) is 28.2 Å². The van der Waals surface area contributed by atoms with Crippen LogP contribution in [0.1, 0.15) is 28.2 Å². The maximum Gasteiger partial charge on any atom is 0.186 e. The number of thiophene rings is 1. The molecule has 5 heteroatoms. The Morgan fingerprint density at radius 3 is 2.52 bits per heavy atom. The Bertz CT molecular complexity index is 890. The van der Waals surface area contributed by atoms with Gasteiger partial charge in [0.15, 0.2) is 6.17 Å². The highest BCUT2D eigenvalue weighted by molar-refractivity contribution is 7.11. The SMILES string of the molecule is Oc1ccccc1C1C=C(c2cccs2)NC(c2ccc(Cl)cc2)[NH2+]1. The van der Waals surface area contributed by atoms with E-state index in [9.17, 15) is 5.11 Å². The van der Waals surface area contributed by atoms with E-state index in [0.29, 0.717) is 5.75 Å². The molecule has 0 aliphatic carbocycles. The summed E-state index contributed by atoms with van der Waals surface area (Å²) in [6, 6.07) is 19.6. The Kier molecular flexibility index (Phi) is 4.49. The number of quaternary nitrogens is 1. The van der Waals surface area contributed by atoms with Crippen molar-refractivity contribution in [3.63, 3.8) is 0 Å². The van der Waals surface area contributed by atoms with Gasteiger partial charge in [0, 0.05) is 16.7 Å². The monoisotopic (exact) mass is 369 g/mol. The Balaban J connectivity index is 1.74. The highest BCUT2D eigenvalue weighted by atomic mass is 35.5. The van der Waals surface area contributed by atoms with Crippen LogP contribution in [0.5, 0.6) is 5.75 Å². The molecule has 1 aliphatic rings. The normalized spacial score (nSPS) is 20.0. The number of hydrogen-bond acceptors (Lipinski definition) is 3. The van der Waals surface area contributed by atoms with E-state index in [4.69, 9.17) is 11.6 Å². The van der Waals surface area contributed by atoms with E-state index >= 15 is 0 Å². The Labute approximate surface area is 155 Å². The molecule has 2 aromatic carbocycles. The van der Waals surface area contributed by atoms with Crippen molar-refractivity contribution in [1.29, 1.82) is 0 Å². The third-order valence-corrected chi connectivity index (χ3v) is 5.52. The van der Waals surface area contributed by atoms with Crippen molar-refractivity contribution in [2.24, 2.45) is 0 Å². The van der Waals surface area contributed by atoms with Gasteiger partial charge >= 0.3 is 0 Å². The van der Waals surface area contributed by atoms with Gasteiger partial charge in [-0.1, -0.05) is 29.8 Å². The van der Waals surface area contributed by atoms with E-state index in [0.717, 1.165) is 21.8 Å². The number of halogens is 1. The van der Waals surface area contributed by atoms with Crippen LogP contribution in [0.4, 0.5) is 0 Å². The molecule has 0 saturated carbocycles. The number of phenols is 1. The van der Waals surface area contributed by atoms with Crippen LogP contribution in [0, 0.1) is 0 Å². The van der Waals surface area contributed by atoms with Gasteiger partial charge in [0.25, 0.3) is 0 Å². The lowest BCUT2D eigenvalue weighted by Gasteiger charge is -2.29. The summed E-state index contributed by atoms with van der Waals surface area (Å²) in [4.78, 5) is 1.19. The molecule has 2 atom stereocenters. The van der Waals surface area contributed by atoms with Crippen LogP contribution in [0.25, 0.3) is 5.70 Å². The number of para-hydroxylation sites is 1. The zero-order valence-corrected chi connectivity index (χ0v) is 15.0. The lowest BCUT2D eigenvalue weighted by Crippen LogP contribution is -2.89. The van der Waals surface area contributed by atoms with E-state index in [1.54, 1.807) is 17.4 Å². The molecule has 0 spiro atoms. The zero-order valence-electron chi connectivity index (χ0n) is 13.4. The van der Waals surface area contributed by atoms with Crippen LogP contribution in [-0.4, -0.2) is 5.11 Å². The second-order valence-electron chi connectivity index (χ2n) is 6.01. The number of hydrogen-bond donors (Lipinski definition) is 3. The lowest BCUT2D eigenvalue weighted by atomic mass is 10.00. The summed E-state index contributed by atoms with van der Waals surface area (Å²) in [6.07, 6.45) is 2.22. The first kappa shape index (κ1) is 16.2. The Morgan fingerprint density at radius 1 is 1.00 bits per heavy atom. The zero-order chi connectivity index (χ0) is 17.2. The van der Waals surface area contributed by atoms with Crippen LogP contribution in [0.3, 0.4) is 0 Å². The Hall–Kier alpha value is -2.27. The topological polar surface area (TPSA) is 48.9 Å². The van der Waals surface area contributed by atoms with Crippen LogP contribution in [0.15, 0.2) is 72.1 Å². The third-order valence-electron chi connectivity index (χ3n) is 4.37. The summed E-state index contributed by atoms with van der Waals surface area (Å²) < 4.78 is 0. The van der Waals surface area contributed by atoms with Gasteiger partial charge in [-0.05, 0) is 47.8 Å². The molecule has 3 nitrogen and oxygen atoms in total. The third kappa shape index (κ3) is 3.42. The summed E-state index contributed by atoms with van der Waals surface area (Å²) in [6.45, 7) is 0. The van der Waals surface area contributed by atoms with Gasteiger partial charge in [-0.3, -0.25) is 0 Å². The first-order valence-corrected chi connectivity index (χ1v) is 9.37. The van der Waals surface area contributed by atoms with Crippen molar-refractivity contribution < 1.29 is 10.4 Å². The van der Waals surface area contributed by atoms with Crippen molar-refractivity contribution in [2.45, 2.75) is 12.2 Å². The first-order valence-electron chi connectivity index (χ1n) is 8.11. The summed E-state index contributed by atoms with van der Waals surface area (Å²) in [7, 11) is 0. The highest BCUT2D eigenvalue weighted by Crippen LogP contribution is 2.30. The molecule has 0 saturated heterocycles. The molecule has 3 aromatic rings. The van der Waals surface area contributed by atoms with E-state index in [1.807, 2.05) is 48.5 Å². The second-order valence-corrected chi connectivity index (χ2v) is 7.39. The van der Waals surface area contributed by atoms with Crippen LogP contribution in [-0.2, 0) is 0 Å². The largest absolute Gasteiger partial charge is 0.507 e. The second kappa shape index (κ2) is 6.92. The minimum Gasteiger partial charge on any atom is -0.507 e. The molecule has 2 heterocycles. The molecule has 0 amide bonds. The minimum atomic E-state index is 0.0280. The smallest absolute Gasteiger partial charge is 0.186 e. The van der Waals surface area contributed by atoms with Crippen LogP contribution >= 0.6 is 22.9 Å². The van der Waals surface area contributed by atoms with Crippen LogP contribution < -0.4 is 10.6 Å². The van der Waals surface area contributed by atoms with E-state index < -0.39 is 0 Å². The van der Waals surface area contributed by atoms with E-state index in [-0.39, 0.29) is 12.2 Å². The Morgan fingerprint density at radius 2 is 1.80 bits per heavy atom. The lowest BCUT2D eigenvalue weighted by molar-refractivity contribution is -0.731. The van der Waals surface area contributed by atoms with Gasteiger partial charge in [-0.25, -0.2) is 0 Å². The number of aromatic hydroxyl groups is 1. The van der Waals surface area contributed by atoms with Crippen molar-refractivity contribution >= 4 is 28.6 Å². The molecule has 0 bridgehead atoms. The number of rotatable bonds is 3. The number of phenolic OH excluding ortho intramolecular Hbond substituents is 1. The van der Waals surface area contributed by atoms with Gasteiger partial charge in [-0.2, -0.15) is 0 Å². The highest BCUT2D eigenvalue weighted by Gasteiger charge is 2.29. The molecule has 4 rings (SSSR count). The minimum absolute atomic E-state index is 0.0280. The van der Waals surface area contributed by atoms with Gasteiger partial charge < -0.3 is 15.7 Å². The summed E-state index contributed by atoms with van der Waals surface area (Å²) in [5.41, 5.74) is 3.15. The molecule has 126 valence electrons. The standard InChI is InChI=1S/C20H17ClN2OS/c21-14-9-7-13(8-10-14)20-22-16(15-4-1-2-5-18(15)24)12-17(23-20)19-6-3-11-25-19/h1-12,16,20,22-24H/p+1. The molecular formula is C20H18ClN2OS+. The fourth-order valence-electron chi connectivity index (χ4n) is 3.12. The summed E-state index contributed by atoms with van der Waals surface area (Å²) in [5.74, 6) is 0.322. The molecule has 4 N–H and O–H groups in total. The quantitative estimate of drug-likeness (QED) is 0.652. The molecule has 1 aliphatic heterocycles. The van der Waals surface area contributed by atoms with Crippen molar-refractivity contribution in [1.82, 2.24) is 5.32 Å². The van der Waals surface area contributed by atoms with E-state index in [1.165, 1.54) is 4.88 Å². The van der Waals surface area contributed by atoms with Crippen molar-refractivity contribution in [3.8, 4) is 5.75 Å².